The summed E-state index contributed by atoms with van der Waals surface area (Å²) in [4.78, 5) is 14.0. The van der Waals surface area contributed by atoms with Gasteiger partial charge in [-0.25, -0.2) is 0 Å². The van der Waals surface area contributed by atoms with Gasteiger partial charge >= 0.3 is 0 Å². The molecular formula is C16H21NO2. The van der Waals surface area contributed by atoms with Gasteiger partial charge in [-0.05, 0) is 25.0 Å². The predicted molar refractivity (Wildman–Crippen MR) is 77.2 cm³/mol. The summed E-state index contributed by atoms with van der Waals surface area (Å²) in [5, 5.41) is 0. The van der Waals surface area contributed by atoms with Gasteiger partial charge in [-0.15, -0.1) is 6.58 Å². The number of para-hydroxylation sites is 1. The Hall–Kier alpha value is -1.61. The minimum Gasteiger partial charge on any atom is -0.368 e. The van der Waals surface area contributed by atoms with E-state index in [0.29, 0.717) is 6.54 Å². The molecule has 1 amide bonds. The summed E-state index contributed by atoms with van der Waals surface area (Å²) >= 11 is 0. The molecule has 1 aliphatic rings. The highest BCUT2D eigenvalue weighted by molar-refractivity contribution is 5.94. The minimum absolute atomic E-state index is 0.00185. The lowest BCUT2D eigenvalue weighted by Gasteiger charge is -2.22. The number of carbonyl (C=O) groups is 1. The van der Waals surface area contributed by atoms with Crippen LogP contribution in [0.2, 0.25) is 0 Å². The van der Waals surface area contributed by atoms with Gasteiger partial charge in [0.1, 0.15) is 6.61 Å². The van der Waals surface area contributed by atoms with E-state index >= 15 is 0 Å². The number of nitrogens with zero attached hydrogens (tertiary/aromatic N) is 1. The molecule has 0 N–H and O–H groups in total. The zero-order valence-electron chi connectivity index (χ0n) is 11.3. The van der Waals surface area contributed by atoms with Crippen LogP contribution >= 0.6 is 0 Å². The molecule has 3 heteroatoms. The SMILES string of the molecule is C=CCN(C(=O)COC1CCCC1)c1ccccc1. The van der Waals surface area contributed by atoms with Crippen LogP contribution in [0.1, 0.15) is 25.7 Å². The second kappa shape index (κ2) is 7.10. The van der Waals surface area contributed by atoms with Crippen molar-refractivity contribution in [2.24, 2.45) is 0 Å². The van der Waals surface area contributed by atoms with Gasteiger partial charge in [-0.2, -0.15) is 0 Å². The average molecular weight is 259 g/mol. The first-order chi connectivity index (χ1) is 9.31. The Morgan fingerprint density at radius 2 is 2.00 bits per heavy atom. The van der Waals surface area contributed by atoms with Gasteiger partial charge in [0.05, 0.1) is 6.10 Å². The van der Waals surface area contributed by atoms with Gasteiger partial charge in [0.15, 0.2) is 0 Å². The molecule has 1 aromatic carbocycles. The summed E-state index contributed by atoms with van der Waals surface area (Å²) in [5.41, 5.74) is 0.891. The predicted octanol–water partition coefficient (Wildman–Crippen LogP) is 3.16. The maximum atomic E-state index is 12.2. The van der Waals surface area contributed by atoms with Crippen molar-refractivity contribution in [3.8, 4) is 0 Å². The topological polar surface area (TPSA) is 29.5 Å². The molecular weight excluding hydrogens is 238 g/mol. The van der Waals surface area contributed by atoms with Crippen molar-refractivity contribution in [3.63, 3.8) is 0 Å². The third-order valence-electron chi connectivity index (χ3n) is 3.43. The number of hydrogen-bond donors (Lipinski definition) is 0. The van der Waals surface area contributed by atoms with Crippen molar-refractivity contribution in [3.05, 3.63) is 43.0 Å². The van der Waals surface area contributed by atoms with Crippen LogP contribution < -0.4 is 4.90 Å². The summed E-state index contributed by atoms with van der Waals surface area (Å²) in [7, 11) is 0. The molecule has 0 aliphatic heterocycles. The molecule has 2 rings (SSSR count). The van der Waals surface area contributed by atoms with E-state index in [1.807, 2.05) is 30.3 Å². The monoisotopic (exact) mass is 259 g/mol. The molecule has 0 atom stereocenters. The first kappa shape index (κ1) is 13.8. The molecule has 3 nitrogen and oxygen atoms in total. The van der Waals surface area contributed by atoms with Crippen LogP contribution in [-0.4, -0.2) is 25.2 Å². The molecule has 1 fully saturated rings. The number of rotatable bonds is 6. The molecule has 1 aliphatic carbocycles. The van der Waals surface area contributed by atoms with Gasteiger partial charge < -0.3 is 9.64 Å². The van der Waals surface area contributed by atoms with E-state index in [1.54, 1.807) is 11.0 Å². The summed E-state index contributed by atoms with van der Waals surface area (Å²) in [6.45, 7) is 4.38. The van der Waals surface area contributed by atoms with E-state index in [-0.39, 0.29) is 18.6 Å². The highest BCUT2D eigenvalue weighted by Gasteiger charge is 2.19. The fourth-order valence-electron chi connectivity index (χ4n) is 2.41. The van der Waals surface area contributed by atoms with Crippen molar-refractivity contribution in [2.45, 2.75) is 31.8 Å². The van der Waals surface area contributed by atoms with Crippen LogP contribution in [0.4, 0.5) is 5.69 Å². The average Bonchev–Trinajstić information content (AvgIpc) is 2.96. The van der Waals surface area contributed by atoms with E-state index in [0.717, 1.165) is 18.5 Å². The van der Waals surface area contributed by atoms with Gasteiger partial charge in [-0.3, -0.25) is 4.79 Å². The second-order valence-electron chi connectivity index (χ2n) is 4.85. The Morgan fingerprint density at radius 1 is 1.32 bits per heavy atom. The van der Waals surface area contributed by atoms with E-state index in [9.17, 15) is 4.79 Å². The molecule has 19 heavy (non-hydrogen) atoms. The van der Waals surface area contributed by atoms with E-state index < -0.39 is 0 Å². The van der Waals surface area contributed by atoms with Gasteiger partial charge in [0.25, 0.3) is 5.91 Å². The van der Waals surface area contributed by atoms with Crippen molar-refractivity contribution in [1.82, 2.24) is 0 Å². The zero-order valence-corrected chi connectivity index (χ0v) is 11.3. The van der Waals surface area contributed by atoms with Crippen molar-refractivity contribution >= 4 is 11.6 Å². The van der Waals surface area contributed by atoms with Crippen LogP contribution in [-0.2, 0) is 9.53 Å². The molecule has 0 bridgehead atoms. The van der Waals surface area contributed by atoms with Gasteiger partial charge in [-0.1, -0.05) is 37.1 Å². The zero-order chi connectivity index (χ0) is 13.5. The lowest BCUT2D eigenvalue weighted by Crippen LogP contribution is -2.35. The van der Waals surface area contributed by atoms with Crippen LogP contribution in [0.25, 0.3) is 0 Å². The first-order valence-corrected chi connectivity index (χ1v) is 6.89. The first-order valence-electron chi connectivity index (χ1n) is 6.89. The number of ether oxygens (including phenoxy) is 1. The van der Waals surface area contributed by atoms with Crippen LogP contribution in [0.5, 0.6) is 0 Å². The van der Waals surface area contributed by atoms with Crippen molar-refractivity contribution in [2.75, 3.05) is 18.1 Å². The standard InChI is InChI=1S/C16H21NO2/c1-2-12-17(14-8-4-3-5-9-14)16(18)13-19-15-10-6-7-11-15/h2-5,8-9,15H,1,6-7,10-13H2. The Labute approximate surface area is 114 Å². The molecule has 0 unspecified atom stereocenters. The molecule has 0 heterocycles. The number of carbonyl (C=O) groups excluding carboxylic acids is 1. The number of amides is 1. The largest absolute Gasteiger partial charge is 0.368 e. The molecule has 102 valence electrons. The number of anilines is 1. The van der Waals surface area contributed by atoms with Crippen molar-refractivity contribution < 1.29 is 9.53 Å². The summed E-state index contributed by atoms with van der Waals surface area (Å²) in [6, 6.07) is 9.65. The third kappa shape index (κ3) is 3.93. The molecule has 0 radical (unpaired) electrons. The molecule has 0 spiro atoms. The third-order valence-corrected chi connectivity index (χ3v) is 3.43. The lowest BCUT2D eigenvalue weighted by atomic mass is 10.2. The minimum atomic E-state index is -0.00185. The Morgan fingerprint density at radius 3 is 2.63 bits per heavy atom. The molecule has 1 aromatic rings. The normalized spacial score (nSPS) is 15.4. The summed E-state index contributed by atoms with van der Waals surface area (Å²) < 4.78 is 5.69. The van der Waals surface area contributed by atoms with Crippen LogP contribution in [0.3, 0.4) is 0 Å². The Bertz CT molecular complexity index is 410. The van der Waals surface area contributed by atoms with Gasteiger partial charge in [0, 0.05) is 12.2 Å². The Balaban J connectivity index is 1.94. The quantitative estimate of drug-likeness (QED) is 0.734. The molecule has 0 saturated heterocycles. The maximum Gasteiger partial charge on any atom is 0.253 e. The van der Waals surface area contributed by atoms with Crippen LogP contribution in [0.15, 0.2) is 43.0 Å². The highest BCUT2D eigenvalue weighted by Crippen LogP contribution is 2.21. The fourth-order valence-corrected chi connectivity index (χ4v) is 2.41. The van der Waals surface area contributed by atoms with E-state index in [4.69, 9.17) is 4.74 Å². The van der Waals surface area contributed by atoms with Gasteiger partial charge in [0.2, 0.25) is 0 Å². The smallest absolute Gasteiger partial charge is 0.253 e. The van der Waals surface area contributed by atoms with Crippen LogP contribution in [0, 0.1) is 0 Å². The Kier molecular flexibility index (Phi) is 5.16. The second-order valence-corrected chi connectivity index (χ2v) is 4.85. The fraction of sp³-hybridized carbons (Fsp3) is 0.438. The highest BCUT2D eigenvalue weighted by atomic mass is 16.5. The van der Waals surface area contributed by atoms with Crippen molar-refractivity contribution in [1.29, 1.82) is 0 Å². The van der Waals surface area contributed by atoms with E-state index in [2.05, 4.69) is 6.58 Å². The molecule has 0 aromatic heterocycles. The number of hydrogen-bond acceptors (Lipinski definition) is 2. The lowest BCUT2D eigenvalue weighted by molar-refractivity contribution is -0.124. The summed E-state index contributed by atoms with van der Waals surface area (Å²) in [6.07, 6.45) is 6.60. The molecule has 1 saturated carbocycles. The maximum absolute atomic E-state index is 12.2. The summed E-state index contributed by atoms with van der Waals surface area (Å²) in [5.74, 6) is -0.00185. The van der Waals surface area contributed by atoms with E-state index in [1.165, 1.54) is 12.8 Å². The number of benzene rings is 1.